The Morgan fingerprint density at radius 2 is 1.68 bits per heavy atom. The lowest BCUT2D eigenvalue weighted by Crippen LogP contribution is -2.29. The predicted octanol–water partition coefficient (Wildman–Crippen LogP) is 5.05. The Morgan fingerprint density at radius 3 is 2.32 bits per heavy atom. The van der Waals surface area contributed by atoms with Crippen molar-refractivity contribution in [1.82, 2.24) is 0 Å². The van der Waals surface area contributed by atoms with Gasteiger partial charge in [-0.25, -0.2) is 0 Å². The average Bonchev–Trinajstić information content (AvgIpc) is 3.09. The van der Waals surface area contributed by atoms with Gasteiger partial charge in [0.2, 0.25) is 0 Å². The number of aliphatic hydroxyl groups excluding tert-OH is 1. The molecule has 0 bridgehead atoms. The Balaban J connectivity index is 1.98. The minimum absolute atomic E-state index is 0.0202. The van der Waals surface area contributed by atoms with E-state index >= 15 is 0 Å². The van der Waals surface area contributed by atoms with Gasteiger partial charge in [0.25, 0.3) is 11.7 Å². The molecule has 1 saturated heterocycles. The van der Waals surface area contributed by atoms with Gasteiger partial charge in [0.05, 0.1) is 24.3 Å². The van der Waals surface area contributed by atoms with E-state index in [1.165, 1.54) is 43.5 Å². The molecule has 6 nitrogen and oxygen atoms in total. The number of carbonyl (C=O) groups is 2. The van der Waals surface area contributed by atoms with Gasteiger partial charge in [0.15, 0.2) is 11.5 Å². The molecule has 4 rings (SSSR count). The fourth-order valence-corrected chi connectivity index (χ4v) is 3.86. The summed E-state index contributed by atoms with van der Waals surface area (Å²) in [5.74, 6) is -2.84. The van der Waals surface area contributed by atoms with Gasteiger partial charge < -0.3 is 14.9 Å². The maximum atomic E-state index is 13.4. The van der Waals surface area contributed by atoms with Crippen molar-refractivity contribution in [3.05, 3.63) is 95.1 Å². The molecule has 0 spiro atoms. The molecule has 1 aliphatic rings. The molecule has 0 aliphatic carbocycles. The second-order valence-electron chi connectivity index (χ2n) is 7.51. The minimum atomic E-state index is -4.68. The van der Waals surface area contributed by atoms with Gasteiger partial charge in [-0.2, -0.15) is 13.2 Å². The van der Waals surface area contributed by atoms with Crippen LogP contribution in [0.2, 0.25) is 0 Å². The van der Waals surface area contributed by atoms with Crippen molar-refractivity contribution >= 4 is 23.1 Å². The molecule has 1 amide bonds. The number of benzene rings is 3. The maximum Gasteiger partial charge on any atom is 0.416 e. The summed E-state index contributed by atoms with van der Waals surface area (Å²) in [6, 6.07) is 14.7. The number of anilines is 1. The summed E-state index contributed by atoms with van der Waals surface area (Å²) in [6.45, 7) is 0. The number of phenolic OH excluding ortho intramolecular Hbond substituents is 1. The van der Waals surface area contributed by atoms with Gasteiger partial charge in [0.1, 0.15) is 5.76 Å². The summed E-state index contributed by atoms with van der Waals surface area (Å²) in [6.07, 6.45) is -4.68. The van der Waals surface area contributed by atoms with Crippen molar-refractivity contribution < 1.29 is 37.7 Å². The van der Waals surface area contributed by atoms with Crippen LogP contribution in [0, 0.1) is 0 Å². The van der Waals surface area contributed by atoms with Crippen LogP contribution >= 0.6 is 0 Å². The number of ketones is 1. The molecule has 0 saturated carbocycles. The number of amides is 1. The number of methoxy groups -OCH3 is 1. The van der Waals surface area contributed by atoms with Crippen molar-refractivity contribution in [3.8, 4) is 11.5 Å². The lowest BCUT2D eigenvalue weighted by Gasteiger charge is -2.26. The van der Waals surface area contributed by atoms with Crippen LogP contribution in [0.4, 0.5) is 18.9 Å². The lowest BCUT2D eigenvalue weighted by molar-refractivity contribution is -0.137. The van der Waals surface area contributed by atoms with Crippen LogP contribution in [0.3, 0.4) is 0 Å². The number of aliphatic hydroxyl groups is 1. The first-order chi connectivity index (χ1) is 16.1. The van der Waals surface area contributed by atoms with Gasteiger partial charge in [-0.1, -0.05) is 42.5 Å². The third-order valence-electron chi connectivity index (χ3n) is 5.46. The molecule has 3 aromatic rings. The molecule has 3 aromatic carbocycles. The van der Waals surface area contributed by atoms with Crippen LogP contribution in [0.15, 0.2) is 78.4 Å². The number of nitrogens with zero attached hydrogens (tertiary/aromatic N) is 1. The van der Waals surface area contributed by atoms with E-state index in [0.717, 1.165) is 23.1 Å². The molecular formula is C25H18F3NO5. The zero-order chi connectivity index (χ0) is 24.6. The molecule has 1 heterocycles. The fraction of sp³-hybridized carbons (Fsp3) is 0.120. The second kappa shape index (κ2) is 8.58. The Bertz CT molecular complexity index is 1300. The molecule has 1 atom stereocenters. The van der Waals surface area contributed by atoms with E-state index in [-0.39, 0.29) is 33.9 Å². The van der Waals surface area contributed by atoms with Crippen LogP contribution in [0.1, 0.15) is 22.7 Å². The van der Waals surface area contributed by atoms with E-state index in [9.17, 15) is 33.0 Å². The SMILES string of the molecule is COc1cc(C2/C(=C(\O)c3ccccc3)C(=O)C(=O)N2c2cccc(C(F)(F)F)c2)ccc1O. The third kappa shape index (κ3) is 3.96. The number of carbonyl (C=O) groups excluding carboxylic acids is 2. The highest BCUT2D eigenvalue weighted by Crippen LogP contribution is 2.44. The van der Waals surface area contributed by atoms with Crippen LogP contribution in [-0.4, -0.2) is 29.0 Å². The summed E-state index contributed by atoms with van der Waals surface area (Å²) < 4.78 is 45.2. The van der Waals surface area contributed by atoms with Crippen molar-refractivity contribution in [2.24, 2.45) is 0 Å². The molecule has 174 valence electrons. The molecule has 2 N–H and O–H groups in total. The highest BCUT2D eigenvalue weighted by Gasteiger charge is 2.47. The number of rotatable bonds is 4. The number of Topliss-reactive ketones (excluding diaryl/α,β-unsaturated/α-hetero) is 1. The molecule has 1 unspecified atom stereocenters. The summed E-state index contributed by atoms with van der Waals surface area (Å²) in [5.41, 5.74) is -0.997. The number of halogens is 3. The van der Waals surface area contributed by atoms with E-state index in [1.807, 2.05) is 0 Å². The van der Waals surface area contributed by atoms with Crippen LogP contribution in [0.25, 0.3) is 5.76 Å². The highest BCUT2D eigenvalue weighted by molar-refractivity contribution is 6.51. The Labute approximate surface area is 192 Å². The van der Waals surface area contributed by atoms with Crippen LogP contribution in [-0.2, 0) is 15.8 Å². The smallest absolute Gasteiger partial charge is 0.416 e. The van der Waals surface area contributed by atoms with Gasteiger partial charge in [-0.3, -0.25) is 14.5 Å². The topological polar surface area (TPSA) is 87.1 Å². The average molecular weight is 469 g/mol. The van der Waals surface area contributed by atoms with E-state index < -0.39 is 35.2 Å². The van der Waals surface area contributed by atoms with Crippen molar-refractivity contribution in [2.45, 2.75) is 12.2 Å². The van der Waals surface area contributed by atoms with E-state index in [1.54, 1.807) is 18.2 Å². The number of alkyl halides is 3. The van der Waals surface area contributed by atoms with Crippen LogP contribution in [0.5, 0.6) is 11.5 Å². The number of aromatic hydroxyl groups is 1. The summed E-state index contributed by atoms with van der Waals surface area (Å²) in [4.78, 5) is 27.1. The van der Waals surface area contributed by atoms with Gasteiger partial charge >= 0.3 is 6.18 Å². The molecule has 0 aromatic heterocycles. The number of ether oxygens (including phenoxy) is 1. The van der Waals surface area contributed by atoms with E-state index in [4.69, 9.17) is 4.74 Å². The molecule has 9 heteroatoms. The molecule has 1 aliphatic heterocycles. The number of hydrogen-bond donors (Lipinski definition) is 2. The zero-order valence-electron chi connectivity index (χ0n) is 17.7. The van der Waals surface area contributed by atoms with Crippen molar-refractivity contribution in [1.29, 1.82) is 0 Å². The normalized spacial score (nSPS) is 17.8. The monoisotopic (exact) mass is 469 g/mol. The Kier molecular flexibility index (Phi) is 5.78. The van der Waals surface area contributed by atoms with Crippen molar-refractivity contribution in [3.63, 3.8) is 0 Å². The first kappa shape index (κ1) is 22.9. The van der Waals surface area contributed by atoms with Gasteiger partial charge in [-0.05, 0) is 35.9 Å². The largest absolute Gasteiger partial charge is 0.507 e. The van der Waals surface area contributed by atoms with Gasteiger partial charge in [-0.15, -0.1) is 0 Å². The minimum Gasteiger partial charge on any atom is -0.507 e. The zero-order valence-corrected chi connectivity index (χ0v) is 17.7. The van der Waals surface area contributed by atoms with Crippen LogP contribution < -0.4 is 9.64 Å². The first-order valence-electron chi connectivity index (χ1n) is 10.0. The lowest BCUT2D eigenvalue weighted by atomic mass is 9.94. The second-order valence-corrected chi connectivity index (χ2v) is 7.51. The predicted molar refractivity (Wildman–Crippen MR) is 117 cm³/mol. The Morgan fingerprint density at radius 1 is 0.971 bits per heavy atom. The summed E-state index contributed by atoms with van der Waals surface area (Å²) >= 11 is 0. The summed E-state index contributed by atoms with van der Waals surface area (Å²) in [7, 11) is 1.30. The number of phenols is 1. The standard InChI is InChI=1S/C25H18F3NO5/c1-34-19-12-15(10-11-18(19)30)21-20(22(31)14-6-3-2-4-7-14)23(32)24(33)29(21)17-9-5-8-16(13-17)25(26,27)28/h2-13,21,30-31H,1H3/b22-20+. The molecule has 34 heavy (non-hydrogen) atoms. The fourth-order valence-electron chi connectivity index (χ4n) is 3.86. The highest BCUT2D eigenvalue weighted by atomic mass is 19.4. The molecular weight excluding hydrogens is 451 g/mol. The van der Waals surface area contributed by atoms with Crippen molar-refractivity contribution in [2.75, 3.05) is 12.0 Å². The first-order valence-corrected chi connectivity index (χ1v) is 10.0. The number of hydrogen-bond acceptors (Lipinski definition) is 5. The van der Waals surface area contributed by atoms with E-state index in [2.05, 4.69) is 0 Å². The summed E-state index contributed by atoms with van der Waals surface area (Å²) in [5, 5.41) is 21.0. The quantitative estimate of drug-likeness (QED) is 0.317. The Hall–Kier alpha value is -4.27. The maximum absolute atomic E-state index is 13.4. The van der Waals surface area contributed by atoms with E-state index in [0.29, 0.717) is 0 Å². The molecule has 0 radical (unpaired) electrons. The molecule has 1 fully saturated rings. The van der Waals surface area contributed by atoms with Gasteiger partial charge in [0, 0.05) is 11.3 Å². The third-order valence-corrected chi connectivity index (χ3v) is 5.46.